The van der Waals surface area contributed by atoms with Crippen LogP contribution in [0, 0.1) is 0 Å². The lowest BCUT2D eigenvalue weighted by molar-refractivity contribution is -0.138. The lowest BCUT2D eigenvalue weighted by atomic mass is 9.77. The standard InChI is InChI=1S/C17H23BF3NO3/c1-15(2)16(3,4)25-18(24-15)12(10-22-5)8-11-6-7-14(23)13(9-11)17(19,20)21/h6-9,22-23H,10H2,1-5H3. The molecule has 1 aromatic rings. The van der Waals surface area contributed by atoms with Crippen LogP contribution >= 0.6 is 0 Å². The highest BCUT2D eigenvalue weighted by atomic mass is 19.4. The molecular weight excluding hydrogens is 334 g/mol. The molecule has 1 aliphatic heterocycles. The van der Waals surface area contributed by atoms with Gasteiger partial charge in [-0.05, 0) is 57.9 Å². The molecule has 4 nitrogen and oxygen atoms in total. The summed E-state index contributed by atoms with van der Waals surface area (Å²) in [5.41, 5.74) is -1.18. The number of aromatic hydroxyl groups is 1. The smallest absolute Gasteiger partial charge is 0.491 e. The summed E-state index contributed by atoms with van der Waals surface area (Å²) in [6, 6.07) is 3.37. The van der Waals surface area contributed by atoms with Crippen LogP contribution in [0.2, 0.25) is 0 Å². The second kappa shape index (κ2) is 6.66. The maximum absolute atomic E-state index is 13.0. The first-order valence-corrected chi connectivity index (χ1v) is 7.98. The SMILES string of the molecule is CNCC(=Cc1ccc(O)c(C(F)(F)F)c1)B1OC(C)(C)C(C)(C)O1. The van der Waals surface area contributed by atoms with Crippen molar-refractivity contribution in [3.63, 3.8) is 0 Å². The first kappa shape index (κ1) is 19.8. The molecule has 0 saturated carbocycles. The van der Waals surface area contributed by atoms with Gasteiger partial charge in [0.1, 0.15) is 5.75 Å². The number of halogens is 3. The van der Waals surface area contributed by atoms with E-state index in [2.05, 4.69) is 5.32 Å². The lowest BCUT2D eigenvalue weighted by Gasteiger charge is -2.32. The highest BCUT2D eigenvalue weighted by molar-refractivity contribution is 6.55. The fourth-order valence-electron chi connectivity index (χ4n) is 2.49. The molecule has 0 unspecified atom stereocenters. The van der Waals surface area contributed by atoms with Crippen LogP contribution in [0.15, 0.2) is 23.7 Å². The zero-order valence-corrected chi connectivity index (χ0v) is 15.0. The maximum Gasteiger partial charge on any atom is 0.491 e. The number of likely N-dealkylation sites (N-methyl/N-ethyl adjacent to an activating group) is 1. The van der Waals surface area contributed by atoms with Crippen LogP contribution in [0.3, 0.4) is 0 Å². The maximum atomic E-state index is 13.0. The van der Waals surface area contributed by atoms with Crippen LogP contribution in [0.5, 0.6) is 5.75 Å². The van der Waals surface area contributed by atoms with Gasteiger partial charge in [-0.15, -0.1) is 0 Å². The van der Waals surface area contributed by atoms with Gasteiger partial charge in [-0.1, -0.05) is 12.1 Å². The molecule has 1 aromatic carbocycles. The number of alkyl halides is 3. The van der Waals surface area contributed by atoms with Gasteiger partial charge in [0, 0.05) is 6.54 Å². The molecule has 0 spiro atoms. The van der Waals surface area contributed by atoms with Gasteiger partial charge >= 0.3 is 13.3 Å². The van der Waals surface area contributed by atoms with E-state index in [1.807, 2.05) is 27.7 Å². The van der Waals surface area contributed by atoms with Gasteiger partial charge < -0.3 is 19.7 Å². The molecule has 0 bridgehead atoms. The summed E-state index contributed by atoms with van der Waals surface area (Å²) in [7, 11) is 1.07. The third-order valence-corrected chi connectivity index (χ3v) is 4.61. The molecule has 0 aromatic heterocycles. The van der Waals surface area contributed by atoms with Crippen molar-refractivity contribution in [1.29, 1.82) is 0 Å². The third kappa shape index (κ3) is 4.19. The Kier molecular flexibility index (Phi) is 5.28. The number of phenols is 1. The Morgan fingerprint density at radius 1 is 1.20 bits per heavy atom. The van der Waals surface area contributed by atoms with Crippen molar-refractivity contribution in [2.24, 2.45) is 0 Å². The number of phenolic OH excluding ortho intramolecular Hbond substituents is 1. The van der Waals surface area contributed by atoms with Gasteiger partial charge in [0.25, 0.3) is 0 Å². The molecule has 1 heterocycles. The molecule has 0 aliphatic carbocycles. The Balaban J connectivity index is 2.39. The minimum Gasteiger partial charge on any atom is -0.507 e. The van der Waals surface area contributed by atoms with E-state index in [1.54, 1.807) is 13.1 Å². The largest absolute Gasteiger partial charge is 0.507 e. The predicted octanol–water partition coefficient (Wildman–Crippen LogP) is 3.65. The molecule has 8 heteroatoms. The van der Waals surface area contributed by atoms with Crippen LogP contribution in [-0.2, 0) is 15.5 Å². The Hall–Kier alpha value is -1.51. The number of nitrogens with one attached hydrogen (secondary N) is 1. The normalized spacial score (nSPS) is 20.2. The Bertz CT molecular complexity index is 656. The van der Waals surface area contributed by atoms with Crippen LogP contribution in [-0.4, -0.2) is 37.0 Å². The van der Waals surface area contributed by atoms with Crippen LogP contribution in [0.1, 0.15) is 38.8 Å². The molecule has 1 fully saturated rings. The molecule has 1 aliphatic rings. The monoisotopic (exact) mass is 357 g/mol. The second-order valence-electron chi connectivity index (χ2n) is 7.11. The molecule has 0 atom stereocenters. The van der Waals surface area contributed by atoms with Crippen LogP contribution < -0.4 is 5.32 Å². The molecule has 0 amide bonds. The topological polar surface area (TPSA) is 50.7 Å². The highest BCUT2D eigenvalue weighted by Crippen LogP contribution is 2.39. The summed E-state index contributed by atoms with van der Waals surface area (Å²) < 4.78 is 50.9. The lowest BCUT2D eigenvalue weighted by Crippen LogP contribution is -2.41. The van der Waals surface area contributed by atoms with Crippen molar-refractivity contribution in [3.8, 4) is 5.75 Å². The van der Waals surface area contributed by atoms with Crippen molar-refractivity contribution >= 4 is 13.2 Å². The van der Waals surface area contributed by atoms with E-state index in [0.717, 1.165) is 12.1 Å². The van der Waals surface area contributed by atoms with Crippen molar-refractivity contribution < 1.29 is 27.6 Å². The van der Waals surface area contributed by atoms with E-state index in [9.17, 15) is 18.3 Å². The van der Waals surface area contributed by atoms with Gasteiger partial charge in [0.2, 0.25) is 0 Å². The average Bonchev–Trinajstić information content (AvgIpc) is 2.67. The number of rotatable bonds is 4. The summed E-state index contributed by atoms with van der Waals surface area (Å²) in [6.45, 7) is 8.02. The van der Waals surface area contributed by atoms with Crippen molar-refractivity contribution in [3.05, 3.63) is 34.8 Å². The van der Waals surface area contributed by atoms with E-state index >= 15 is 0 Å². The first-order valence-electron chi connectivity index (χ1n) is 7.98. The molecule has 0 radical (unpaired) electrons. The van der Waals surface area contributed by atoms with Crippen molar-refractivity contribution in [2.75, 3.05) is 13.6 Å². The van der Waals surface area contributed by atoms with Gasteiger partial charge in [-0.3, -0.25) is 0 Å². The molecular formula is C17H23BF3NO3. The van der Waals surface area contributed by atoms with E-state index in [0.29, 0.717) is 17.6 Å². The molecule has 2 N–H and O–H groups in total. The minimum absolute atomic E-state index is 0.310. The zero-order chi connectivity index (χ0) is 19.0. The fraction of sp³-hybridized carbons (Fsp3) is 0.529. The van der Waals surface area contributed by atoms with Gasteiger partial charge in [-0.25, -0.2) is 0 Å². The summed E-state index contributed by atoms with van der Waals surface area (Å²) in [6.07, 6.45) is -3.03. The average molecular weight is 357 g/mol. The molecule has 2 rings (SSSR count). The third-order valence-electron chi connectivity index (χ3n) is 4.61. The summed E-state index contributed by atoms with van der Waals surface area (Å²) in [4.78, 5) is 0. The van der Waals surface area contributed by atoms with E-state index in [-0.39, 0.29) is 0 Å². The van der Waals surface area contributed by atoms with Crippen molar-refractivity contribution in [1.82, 2.24) is 5.32 Å². The van der Waals surface area contributed by atoms with Gasteiger partial charge in [-0.2, -0.15) is 13.2 Å². The minimum atomic E-state index is -4.62. The van der Waals surface area contributed by atoms with Crippen LogP contribution in [0.25, 0.3) is 6.08 Å². The van der Waals surface area contributed by atoms with Crippen LogP contribution in [0.4, 0.5) is 13.2 Å². The first-order chi connectivity index (χ1) is 11.4. The number of benzene rings is 1. The Morgan fingerprint density at radius 3 is 2.24 bits per heavy atom. The zero-order valence-electron chi connectivity index (χ0n) is 15.0. The quantitative estimate of drug-likeness (QED) is 0.808. The fourth-order valence-corrected chi connectivity index (χ4v) is 2.49. The highest BCUT2D eigenvalue weighted by Gasteiger charge is 2.52. The number of hydrogen-bond acceptors (Lipinski definition) is 4. The second-order valence-corrected chi connectivity index (χ2v) is 7.11. The molecule has 25 heavy (non-hydrogen) atoms. The predicted molar refractivity (Wildman–Crippen MR) is 91.1 cm³/mol. The molecule has 138 valence electrons. The van der Waals surface area contributed by atoms with Gasteiger partial charge in [0.05, 0.1) is 16.8 Å². The van der Waals surface area contributed by atoms with E-state index < -0.39 is 35.8 Å². The molecule has 1 saturated heterocycles. The van der Waals surface area contributed by atoms with E-state index in [4.69, 9.17) is 9.31 Å². The van der Waals surface area contributed by atoms with Crippen molar-refractivity contribution in [2.45, 2.75) is 45.1 Å². The number of hydrogen-bond donors (Lipinski definition) is 2. The summed E-state index contributed by atoms with van der Waals surface area (Å²) >= 11 is 0. The van der Waals surface area contributed by atoms with E-state index in [1.165, 1.54) is 6.07 Å². The van der Waals surface area contributed by atoms with Gasteiger partial charge in [0.15, 0.2) is 0 Å². The Morgan fingerprint density at radius 2 is 1.76 bits per heavy atom. The summed E-state index contributed by atoms with van der Waals surface area (Å²) in [5, 5.41) is 12.4. The Labute approximate surface area is 146 Å². The summed E-state index contributed by atoms with van der Waals surface area (Å²) in [5.74, 6) is -0.796.